The van der Waals surface area contributed by atoms with Crippen LogP contribution < -0.4 is 10.6 Å². The Balaban J connectivity index is 2.22. The zero-order valence-electron chi connectivity index (χ0n) is 12.3. The van der Waals surface area contributed by atoms with Crippen LogP contribution in [0.25, 0.3) is 0 Å². The van der Waals surface area contributed by atoms with E-state index in [9.17, 15) is 0 Å². The number of nitrogens with one attached hydrogen (secondary N) is 2. The zero-order valence-corrected chi connectivity index (χ0v) is 14.5. The smallest absolute Gasteiger partial charge is 0.0824 e. The Kier molecular flexibility index (Phi) is 4.52. The van der Waals surface area contributed by atoms with Gasteiger partial charge in [0.15, 0.2) is 0 Å². The normalized spacial score (nSPS) is 21.8. The quantitative estimate of drug-likeness (QED) is 0.710. The fourth-order valence-electron chi connectivity index (χ4n) is 3.31. The minimum absolute atomic E-state index is 0.0776. The van der Waals surface area contributed by atoms with Gasteiger partial charge in [-0.25, -0.2) is 0 Å². The number of halogens is 3. The van der Waals surface area contributed by atoms with Crippen molar-refractivity contribution in [2.45, 2.75) is 57.7 Å². The molecule has 1 saturated heterocycles. The van der Waals surface area contributed by atoms with Gasteiger partial charge in [-0.2, -0.15) is 0 Å². The second-order valence-electron chi connectivity index (χ2n) is 6.89. The molecule has 2 rings (SSSR count). The molecule has 1 aliphatic rings. The molecule has 0 unspecified atom stereocenters. The van der Waals surface area contributed by atoms with Crippen molar-refractivity contribution in [2.24, 2.45) is 0 Å². The predicted octanol–water partition coefficient (Wildman–Crippen LogP) is 5.37. The standard InChI is InChI=1S/C15H21Cl3N2/c1-14(2)7-10(8-15(3,4)20-14)19-12-6-9(16)5-11(17)13(12)18/h5-6,10,19-20H,7-8H2,1-4H3. The average Bonchev–Trinajstić information content (AvgIpc) is 2.20. The lowest BCUT2D eigenvalue weighted by Crippen LogP contribution is -2.60. The molecule has 5 heteroatoms. The van der Waals surface area contributed by atoms with E-state index in [1.807, 2.05) is 6.07 Å². The van der Waals surface area contributed by atoms with Crippen molar-refractivity contribution >= 4 is 40.5 Å². The monoisotopic (exact) mass is 334 g/mol. The van der Waals surface area contributed by atoms with Gasteiger partial charge in [-0.3, -0.25) is 0 Å². The summed E-state index contributed by atoms with van der Waals surface area (Å²) in [5.41, 5.74) is 0.963. The summed E-state index contributed by atoms with van der Waals surface area (Å²) in [7, 11) is 0. The summed E-state index contributed by atoms with van der Waals surface area (Å²) in [5, 5.41) is 8.77. The molecule has 1 aromatic rings. The van der Waals surface area contributed by atoms with Gasteiger partial charge in [-0.15, -0.1) is 0 Å². The molecule has 0 radical (unpaired) electrons. The Bertz CT molecular complexity index is 496. The van der Waals surface area contributed by atoms with Gasteiger partial charge in [-0.05, 0) is 52.7 Å². The van der Waals surface area contributed by atoms with Gasteiger partial charge in [0.05, 0.1) is 15.7 Å². The number of piperidine rings is 1. The molecule has 20 heavy (non-hydrogen) atoms. The topological polar surface area (TPSA) is 24.1 Å². The maximum Gasteiger partial charge on any atom is 0.0824 e. The first-order chi connectivity index (χ1) is 9.08. The molecule has 0 saturated carbocycles. The van der Waals surface area contributed by atoms with Crippen LogP contribution in [0.2, 0.25) is 15.1 Å². The van der Waals surface area contributed by atoms with Crippen molar-refractivity contribution in [2.75, 3.05) is 5.32 Å². The van der Waals surface area contributed by atoms with Crippen LogP contribution in [0.5, 0.6) is 0 Å². The maximum atomic E-state index is 6.26. The van der Waals surface area contributed by atoms with E-state index in [0.717, 1.165) is 18.5 Å². The third-order valence-electron chi connectivity index (χ3n) is 3.54. The van der Waals surface area contributed by atoms with Crippen molar-refractivity contribution in [3.05, 3.63) is 27.2 Å². The van der Waals surface area contributed by atoms with E-state index in [-0.39, 0.29) is 11.1 Å². The summed E-state index contributed by atoms with van der Waals surface area (Å²) in [4.78, 5) is 0. The number of rotatable bonds is 2. The molecule has 0 aliphatic carbocycles. The van der Waals surface area contributed by atoms with Crippen molar-refractivity contribution < 1.29 is 0 Å². The predicted molar refractivity (Wildman–Crippen MR) is 89.4 cm³/mol. The van der Waals surface area contributed by atoms with E-state index < -0.39 is 0 Å². The fourth-order valence-corrected chi connectivity index (χ4v) is 3.96. The van der Waals surface area contributed by atoms with Crippen molar-refractivity contribution in [1.29, 1.82) is 0 Å². The first-order valence-corrected chi connectivity index (χ1v) is 7.92. The second kappa shape index (κ2) is 5.57. The van der Waals surface area contributed by atoms with Gasteiger partial charge in [0.2, 0.25) is 0 Å². The highest BCUT2D eigenvalue weighted by atomic mass is 35.5. The Morgan fingerprint density at radius 2 is 1.60 bits per heavy atom. The van der Waals surface area contributed by atoms with E-state index in [0.29, 0.717) is 21.1 Å². The van der Waals surface area contributed by atoms with E-state index >= 15 is 0 Å². The zero-order chi connectivity index (χ0) is 15.1. The molecule has 0 bridgehead atoms. The molecule has 1 aliphatic heterocycles. The molecule has 0 aromatic heterocycles. The SMILES string of the molecule is CC1(C)CC(Nc2cc(Cl)cc(Cl)c2Cl)CC(C)(C)N1. The van der Waals surface area contributed by atoms with Crippen LogP contribution in [-0.4, -0.2) is 17.1 Å². The van der Waals surface area contributed by atoms with Crippen LogP contribution in [-0.2, 0) is 0 Å². The average molecular weight is 336 g/mol. The molecular formula is C15H21Cl3N2. The van der Waals surface area contributed by atoms with E-state index in [1.54, 1.807) is 6.07 Å². The highest BCUT2D eigenvalue weighted by Gasteiger charge is 2.37. The molecule has 0 amide bonds. The van der Waals surface area contributed by atoms with Gasteiger partial charge in [0.1, 0.15) is 0 Å². The summed E-state index contributed by atoms with van der Waals surface area (Å²) in [5.74, 6) is 0. The lowest BCUT2D eigenvalue weighted by molar-refractivity contribution is 0.170. The summed E-state index contributed by atoms with van der Waals surface area (Å²) in [6, 6.07) is 3.82. The molecule has 0 atom stereocenters. The lowest BCUT2D eigenvalue weighted by atomic mass is 9.79. The van der Waals surface area contributed by atoms with Crippen LogP contribution in [0.15, 0.2) is 12.1 Å². The second-order valence-corrected chi connectivity index (χ2v) is 8.11. The summed E-state index contributed by atoms with van der Waals surface area (Å²) in [6.45, 7) is 8.87. The van der Waals surface area contributed by atoms with Crippen LogP contribution in [0.1, 0.15) is 40.5 Å². The van der Waals surface area contributed by atoms with E-state index in [4.69, 9.17) is 34.8 Å². The molecule has 112 valence electrons. The van der Waals surface area contributed by atoms with Crippen LogP contribution >= 0.6 is 34.8 Å². The number of anilines is 1. The molecule has 2 nitrogen and oxygen atoms in total. The third kappa shape index (κ3) is 3.94. The summed E-state index contributed by atoms with van der Waals surface area (Å²) >= 11 is 18.4. The minimum Gasteiger partial charge on any atom is -0.381 e. The minimum atomic E-state index is 0.0776. The van der Waals surface area contributed by atoms with Gasteiger partial charge < -0.3 is 10.6 Å². The Labute approximate surface area is 136 Å². The molecular weight excluding hydrogens is 315 g/mol. The first kappa shape index (κ1) is 16.2. The van der Waals surface area contributed by atoms with E-state index in [1.165, 1.54) is 0 Å². The van der Waals surface area contributed by atoms with Crippen LogP contribution in [0.4, 0.5) is 5.69 Å². The van der Waals surface area contributed by atoms with Crippen LogP contribution in [0.3, 0.4) is 0 Å². The number of hydrogen-bond acceptors (Lipinski definition) is 2. The summed E-state index contributed by atoms with van der Waals surface area (Å²) in [6.07, 6.45) is 2.02. The Morgan fingerprint density at radius 1 is 1.05 bits per heavy atom. The number of benzene rings is 1. The third-order valence-corrected chi connectivity index (χ3v) is 4.56. The molecule has 0 spiro atoms. The molecule has 1 fully saturated rings. The highest BCUT2D eigenvalue weighted by Crippen LogP contribution is 2.36. The van der Waals surface area contributed by atoms with Gasteiger partial charge in [0, 0.05) is 22.1 Å². The van der Waals surface area contributed by atoms with Crippen molar-refractivity contribution in [3.63, 3.8) is 0 Å². The van der Waals surface area contributed by atoms with Gasteiger partial charge in [0.25, 0.3) is 0 Å². The van der Waals surface area contributed by atoms with E-state index in [2.05, 4.69) is 38.3 Å². The van der Waals surface area contributed by atoms with Crippen molar-refractivity contribution in [3.8, 4) is 0 Å². The number of hydrogen-bond donors (Lipinski definition) is 2. The van der Waals surface area contributed by atoms with Gasteiger partial charge >= 0.3 is 0 Å². The molecule has 2 N–H and O–H groups in total. The van der Waals surface area contributed by atoms with Crippen LogP contribution in [0, 0.1) is 0 Å². The largest absolute Gasteiger partial charge is 0.381 e. The highest BCUT2D eigenvalue weighted by molar-refractivity contribution is 6.45. The Hall–Kier alpha value is -0.150. The van der Waals surface area contributed by atoms with Gasteiger partial charge in [-0.1, -0.05) is 34.8 Å². The Morgan fingerprint density at radius 3 is 2.15 bits per heavy atom. The van der Waals surface area contributed by atoms with Crippen molar-refractivity contribution in [1.82, 2.24) is 5.32 Å². The maximum absolute atomic E-state index is 6.26. The fraction of sp³-hybridized carbons (Fsp3) is 0.600. The summed E-state index contributed by atoms with van der Waals surface area (Å²) < 4.78 is 0. The first-order valence-electron chi connectivity index (χ1n) is 6.78. The lowest BCUT2D eigenvalue weighted by Gasteiger charge is -2.47. The molecule has 1 aromatic carbocycles. The molecule has 1 heterocycles.